The second-order valence-electron chi connectivity index (χ2n) is 13.0. The van der Waals surface area contributed by atoms with Gasteiger partial charge < -0.3 is 9.84 Å². The van der Waals surface area contributed by atoms with E-state index < -0.39 is 15.8 Å². The summed E-state index contributed by atoms with van der Waals surface area (Å²) in [7, 11) is -1.66. The number of rotatable bonds is 8. The van der Waals surface area contributed by atoms with E-state index >= 15 is 0 Å². The number of phenolic OH excluding ortho intramolecular Hbond substituents is 1. The molecule has 48 heavy (non-hydrogen) atoms. The van der Waals surface area contributed by atoms with E-state index in [-0.39, 0.29) is 6.10 Å². The van der Waals surface area contributed by atoms with E-state index in [1.54, 1.807) is 0 Å². The molecule has 1 fully saturated rings. The highest BCUT2D eigenvalue weighted by Gasteiger charge is 2.40. The predicted molar refractivity (Wildman–Crippen MR) is 205 cm³/mol. The molecule has 4 heteroatoms. The number of hydrogen-bond donors (Lipinski definition) is 1. The molecule has 2 nitrogen and oxygen atoms in total. The standard InChI is InChI=1S/C44H40O2P2/c45-42-32(16-14-28-40(42)47(36-20-5-1-6-21-36)37-22-7-2-8-23-37)30-33-17-13-18-34-31-35-19-15-29-41(44(35)46-43(33)34)48(38-24-9-3-10-25-38)39-26-11-4-12-27-39/h1-12,14-16,19-29,33-34,43,45H,13,17-18,30-31H2/t33-,34-,43-/m1/s1. The minimum atomic E-state index is -0.892. The number of hydrogen-bond acceptors (Lipinski definition) is 2. The van der Waals surface area contributed by atoms with Crippen LogP contribution >= 0.6 is 15.8 Å². The fourth-order valence-corrected chi connectivity index (χ4v) is 12.6. The molecular weight excluding hydrogens is 622 g/mol. The minimum Gasteiger partial charge on any atom is -0.507 e. The smallest absolute Gasteiger partial charge is 0.131 e. The Morgan fingerprint density at radius 3 is 1.60 bits per heavy atom. The molecule has 0 radical (unpaired) electrons. The largest absolute Gasteiger partial charge is 0.507 e. The number of aromatic hydroxyl groups is 1. The van der Waals surface area contributed by atoms with Gasteiger partial charge in [-0.3, -0.25) is 0 Å². The lowest BCUT2D eigenvalue weighted by molar-refractivity contribution is 0.0253. The molecule has 0 unspecified atom stereocenters. The van der Waals surface area contributed by atoms with Crippen molar-refractivity contribution in [1.29, 1.82) is 0 Å². The third-order valence-electron chi connectivity index (χ3n) is 10.0. The van der Waals surface area contributed by atoms with Crippen LogP contribution in [0.25, 0.3) is 0 Å². The summed E-state index contributed by atoms with van der Waals surface area (Å²) in [6.45, 7) is 0. The molecule has 1 heterocycles. The van der Waals surface area contributed by atoms with Crippen molar-refractivity contribution in [2.75, 3.05) is 0 Å². The van der Waals surface area contributed by atoms with Crippen LogP contribution in [0.2, 0.25) is 0 Å². The van der Waals surface area contributed by atoms with Crippen molar-refractivity contribution in [3.63, 3.8) is 0 Å². The van der Waals surface area contributed by atoms with Crippen LogP contribution in [-0.2, 0) is 12.8 Å². The first kappa shape index (κ1) is 31.1. The molecule has 6 aromatic carbocycles. The summed E-state index contributed by atoms with van der Waals surface area (Å²) >= 11 is 0. The Labute approximate surface area is 287 Å². The highest BCUT2D eigenvalue weighted by Crippen LogP contribution is 2.46. The summed E-state index contributed by atoms with van der Waals surface area (Å²) in [5.74, 6) is 2.37. The Morgan fingerprint density at radius 1 is 0.542 bits per heavy atom. The maximum Gasteiger partial charge on any atom is 0.131 e. The van der Waals surface area contributed by atoms with Gasteiger partial charge in [0.2, 0.25) is 0 Å². The molecule has 6 aromatic rings. The topological polar surface area (TPSA) is 29.5 Å². The lowest BCUT2D eigenvalue weighted by atomic mass is 9.72. The monoisotopic (exact) mass is 662 g/mol. The average molecular weight is 663 g/mol. The first-order chi connectivity index (χ1) is 23.7. The van der Waals surface area contributed by atoms with Gasteiger partial charge in [0, 0.05) is 22.4 Å². The Kier molecular flexibility index (Phi) is 9.13. The minimum absolute atomic E-state index is 0.128. The quantitative estimate of drug-likeness (QED) is 0.168. The van der Waals surface area contributed by atoms with Crippen LogP contribution in [0.15, 0.2) is 158 Å². The van der Waals surface area contributed by atoms with E-state index in [2.05, 4.69) is 158 Å². The molecule has 2 aliphatic rings. The first-order valence-corrected chi connectivity index (χ1v) is 19.8. The van der Waals surface area contributed by atoms with Crippen molar-refractivity contribution in [3.05, 3.63) is 169 Å². The van der Waals surface area contributed by atoms with Gasteiger partial charge in [0.1, 0.15) is 17.6 Å². The molecule has 1 saturated carbocycles. The zero-order chi connectivity index (χ0) is 32.3. The first-order valence-electron chi connectivity index (χ1n) is 17.1. The molecule has 8 rings (SSSR count). The van der Waals surface area contributed by atoms with E-state index in [9.17, 15) is 5.11 Å². The summed E-state index contributed by atoms with van der Waals surface area (Å²) < 4.78 is 7.27. The SMILES string of the molecule is Oc1c(C[C@H]2CCC[C@@H]3Cc4cccc(P(c5ccccc5)c5ccccc5)c4O[C@H]23)cccc1P(c1ccccc1)c1ccccc1. The molecule has 0 amide bonds. The number of fused-ring (bicyclic) bond motifs is 2. The summed E-state index contributed by atoms with van der Waals surface area (Å²) in [5, 5.41) is 19.5. The Hall–Kier alpha value is -4.22. The molecule has 1 N–H and O–H groups in total. The van der Waals surface area contributed by atoms with Gasteiger partial charge >= 0.3 is 0 Å². The normalized spacial score (nSPS) is 18.6. The molecule has 1 aliphatic heterocycles. The maximum absolute atomic E-state index is 12.0. The van der Waals surface area contributed by atoms with Gasteiger partial charge in [0.05, 0.1) is 0 Å². The summed E-state index contributed by atoms with van der Waals surface area (Å²) in [6.07, 6.45) is 5.50. The molecule has 3 atom stereocenters. The zero-order valence-corrected chi connectivity index (χ0v) is 28.8. The van der Waals surface area contributed by atoms with Crippen molar-refractivity contribution < 1.29 is 9.84 Å². The second-order valence-corrected chi connectivity index (χ2v) is 17.4. The highest BCUT2D eigenvalue weighted by molar-refractivity contribution is 7.80. The lowest BCUT2D eigenvalue weighted by Gasteiger charge is -2.43. The van der Waals surface area contributed by atoms with Crippen molar-refractivity contribution in [1.82, 2.24) is 0 Å². The summed E-state index contributed by atoms with van der Waals surface area (Å²) in [6, 6.07) is 56.4. The number of ether oxygens (including phenoxy) is 1. The fourth-order valence-electron chi connectivity index (χ4n) is 7.82. The van der Waals surface area contributed by atoms with E-state index in [1.807, 2.05) is 0 Å². The fraction of sp³-hybridized carbons (Fsp3) is 0.182. The van der Waals surface area contributed by atoms with Crippen LogP contribution in [0, 0.1) is 11.8 Å². The average Bonchev–Trinajstić information content (AvgIpc) is 3.15. The number of phenols is 1. The van der Waals surface area contributed by atoms with Crippen LogP contribution in [0.1, 0.15) is 30.4 Å². The van der Waals surface area contributed by atoms with Gasteiger partial charge in [-0.15, -0.1) is 0 Å². The molecule has 0 aromatic heterocycles. The third kappa shape index (κ3) is 6.21. The molecule has 0 spiro atoms. The Bertz CT molecular complexity index is 1890. The van der Waals surface area contributed by atoms with Gasteiger partial charge in [-0.25, -0.2) is 0 Å². The van der Waals surface area contributed by atoms with Crippen LogP contribution in [0.4, 0.5) is 0 Å². The van der Waals surface area contributed by atoms with E-state index in [4.69, 9.17) is 4.74 Å². The van der Waals surface area contributed by atoms with Crippen molar-refractivity contribution in [3.8, 4) is 11.5 Å². The van der Waals surface area contributed by atoms with Crippen molar-refractivity contribution >= 4 is 47.7 Å². The van der Waals surface area contributed by atoms with Gasteiger partial charge in [0.25, 0.3) is 0 Å². The van der Waals surface area contributed by atoms with Gasteiger partial charge in [0.15, 0.2) is 0 Å². The van der Waals surface area contributed by atoms with Crippen LogP contribution in [0.3, 0.4) is 0 Å². The van der Waals surface area contributed by atoms with Gasteiger partial charge in [-0.05, 0) is 73.9 Å². The predicted octanol–water partition coefficient (Wildman–Crippen LogP) is 7.87. The second kappa shape index (κ2) is 14.1. The molecular formula is C44H40O2P2. The van der Waals surface area contributed by atoms with Crippen LogP contribution < -0.4 is 36.6 Å². The van der Waals surface area contributed by atoms with E-state index in [0.29, 0.717) is 17.6 Å². The van der Waals surface area contributed by atoms with Crippen molar-refractivity contribution in [2.45, 2.75) is 38.2 Å². The third-order valence-corrected chi connectivity index (χ3v) is 14.9. The van der Waals surface area contributed by atoms with Crippen LogP contribution in [0.5, 0.6) is 11.5 Å². The Morgan fingerprint density at radius 2 is 1.04 bits per heavy atom. The molecule has 0 saturated heterocycles. The van der Waals surface area contributed by atoms with Gasteiger partial charge in [-0.1, -0.05) is 164 Å². The summed E-state index contributed by atoms with van der Waals surface area (Å²) in [4.78, 5) is 0. The number of benzene rings is 6. The van der Waals surface area contributed by atoms with E-state index in [1.165, 1.54) is 44.9 Å². The zero-order valence-electron chi connectivity index (χ0n) is 27.0. The number of para-hydroxylation sites is 2. The van der Waals surface area contributed by atoms with Crippen LogP contribution in [-0.4, -0.2) is 11.2 Å². The van der Waals surface area contributed by atoms with E-state index in [0.717, 1.165) is 35.9 Å². The Balaban J connectivity index is 1.14. The summed E-state index contributed by atoms with van der Waals surface area (Å²) in [5.41, 5.74) is 2.38. The molecule has 1 aliphatic carbocycles. The van der Waals surface area contributed by atoms with Gasteiger partial charge in [-0.2, -0.15) is 0 Å². The molecule has 0 bridgehead atoms. The maximum atomic E-state index is 12.0. The lowest BCUT2D eigenvalue weighted by Crippen LogP contribution is -2.44. The molecule has 238 valence electrons. The van der Waals surface area contributed by atoms with Crippen molar-refractivity contribution in [2.24, 2.45) is 11.8 Å². The highest BCUT2D eigenvalue weighted by atomic mass is 31.1.